The van der Waals surface area contributed by atoms with Gasteiger partial charge in [-0.1, -0.05) is 12.1 Å². The van der Waals surface area contributed by atoms with Crippen LogP contribution in [0.4, 0.5) is 0 Å². The molecule has 0 fully saturated rings. The molecule has 0 spiro atoms. The number of benzene rings is 1. The van der Waals surface area contributed by atoms with Gasteiger partial charge in [-0.05, 0) is 25.5 Å². The molecule has 0 amide bonds. The average molecular weight is 437 g/mol. The zero-order valence-electron chi connectivity index (χ0n) is 14.1. The van der Waals surface area contributed by atoms with Gasteiger partial charge in [0.05, 0.1) is 19.8 Å². The van der Waals surface area contributed by atoms with Crippen molar-refractivity contribution in [3.8, 4) is 5.75 Å². The van der Waals surface area contributed by atoms with E-state index in [4.69, 9.17) is 14.6 Å². The number of aliphatic hydroxyl groups excluding tert-OH is 1. The molecule has 0 bridgehead atoms. The molecule has 0 saturated heterocycles. The van der Waals surface area contributed by atoms with Crippen molar-refractivity contribution < 1.29 is 14.6 Å². The van der Waals surface area contributed by atoms with E-state index in [2.05, 4.69) is 15.6 Å². The molecule has 1 aromatic rings. The Kier molecular flexibility index (Phi) is 12.8. The first-order chi connectivity index (χ1) is 10.7. The molecule has 0 heterocycles. The van der Waals surface area contributed by atoms with E-state index in [1.165, 1.54) is 0 Å². The van der Waals surface area contributed by atoms with Crippen molar-refractivity contribution >= 4 is 29.9 Å². The van der Waals surface area contributed by atoms with Crippen LogP contribution >= 0.6 is 24.0 Å². The van der Waals surface area contributed by atoms with Crippen molar-refractivity contribution in [2.24, 2.45) is 4.99 Å². The van der Waals surface area contributed by atoms with Crippen LogP contribution in [0.25, 0.3) is 0 Å². The van der Waals surface area contributed by atoms with Crippen LogP contribution < -0.4 is 15.4 Å². The van der Waals surface area contributed by atoms with Crippen LogP contribution in [0.3, 0.4) is 0 Å². The van der Waals surface area contributed by atoms with E-state index in [0.717, 1.165) is 23.4 Å². The number of aliphatic hydroxyl groups is 1. The van der Waals surface area contributed by atoms with Gasteiger partial charge < -0.3 is 25.2 Å². The molecular weight excluding hydrogens is 409 g/mol. The van der Waals surface area contributed by atoms with Crippen LogP contribution in [0.2, 0.25) is 0 Å². The maximum absolute atomic E-state index is 8.89. The monoisotopic (exact) mass is 437 g/mol. The molecule has 3 N–H and O–H groups in total. The number of guanidine groups is 1. The molecule has 1 aromatic carbocycles. The van der Waals surface area contributed by atoms with E-state index in [-0.39, 0.29) is 30.6 Å². The molecule has 0 unspecified atom stereocenters. The molecule has 0 aliphatic carbocycles. The molecule has 7 heteroatoms. The maximum atomic E-state index is 8.89. The lowest BCUT2D eigenvalue weighted by molar-refractivity contribution is 0.145. The van der Waals surface area contributed by atoms with Gasteiger partial charge >= 0.3 is 0 Å². The molecule has 0 saturated carbocycles. The molecule has 132 valence electrons. The standard InChI is InChI=1S/C16H27N3O3.HI/c1-4-17-16(18-7-8-20)19-12-14-6-5-13(2)11-15(14)22-10-9-21-3;/h5-6,11,20H,4,7-10,12H2,1-3H3,(H2,17,18,19);1H. The van der Waals surface area contributed by atoms with Crippen LogP contribution in [0.5, 0.6) is 5.75 Å². The summed E-state index contributed by atoms with van der Waals surface area (Å²) in [5.74, 6) is 1.51. The average Bonchev–Trinajstić information content (AvgIpc) is 2.51. The highest BCUT2D eigenvalue weighted by Gasteiger charge is 2.05. The van der Waals surface area contributed by atoms with Crippen molar-refractivity contribution in [2.75, 3.05) is 40.0 Å². The molecule has 1 rings (SSSR count). The predicted octanol–water partition coefficient (Wildman–Crippen LogP) is 1.69. The SMILES string of the molecule is CCNC(=NCc1ccc(C)cc1OCCOC)NCCO.I. The summed E-state index contributed by atoms with van der Waals surface area (Å²) >= 11 is 0. The van der Waals surface area contributed by atoms with E-state index in [0.29, 0.717) is 32.3 Å². The Balaban J connectivity index is 0.00000484. The second-order valence-corrected chi connectivity index (χ2v) is 4.80. The lowest BCUT2D eigenvalue weighted by Crippen LogP contribution is -2.38. The normalized spacial score (nSPS) is 10.9. The summed E-state index contributed by atoms with van der Waals surface area (Å²) in [7, 11) is 1.65. The number of nitrogens with zero attached hydrogens (tertiary/aromatic N) is 1. The van der Waals surface area contributed by atoms with Gasteiger partial charge in [0.2, 0.25) is 0 Å². The van der Waals surface area contributed by atoms with E-state index < -0.39 is 0 Å². The van der Waals surface area contributed by atoms with Gasteiger partial charge in [-0.2, -0.15) is 0 Å². The zero-order valence-corrected chi connectivity index (χ0v) is 16.4. The number of halogens is 1. The summed E-state index contributed by atoms with van der Waals surface area (Å²) in [6.07, 6.45) is 0. The number of hydrogen-bond acceptors (Lipinski definition) is 4. The van der Waals surface area contributed by atoms with Gasteiger partial charge in [0, 0.05) is 25.8 Å². The van der Waals surface area contributed by atoms with Gasteiger partial charge in [-0.25, -0.2) is 4.99 Å². The molecule has 0 atom stereocenters. The van der Waals surface area contributed by atoms with E-state index in [9.17, 15) is 0 Å². The van der Waals surface area contributed by atoms with Gasteiger partial charge in [0.1, 0.15) is 12.4 Å². The van der Waals surface area contributed by atoms with Gasteiger partial charge in [-0.3, -0.25) is 0 Å². The number of methoxy groups -OCH3 is 1. The smallest absolute Gasteiger partial charge is 0.191 e. The Hall–Kier alpha value is -1.06. The highest BCUT2D eigenvalue weighted by Crippen LogP contribution is 2.21. The van der Waals surface area contributed by atoms with Crippen molar-refractivity contribution in [3.63, 3.8) is 0 Å². The first-order valence-corrected chi connectivity index (χ1v) is 7.55. The third-order valence-electron chi connectivity index (χ3n) is 2.92. The highest BCUT2D eigenvalue weighted by molar-refractivity contribution is 14.0. The van der Waals surface area contributed by atoms with Crippen LogP contribution in [0.1, 0.15) is 18.1 Å². The minimum absolute atomic E-state index is 0. The largest absolute Gasteiger partial charge is 0.491 e. The highest BCUT2D eigenvalue weighted by atomic mass is 127. The molecule has 0 aromatic heterocycles. The molecule has 0 radical (unpaired) electrons. The topological polar surface area (TPSA) is 75.1 Å². The fourth-order valence-corrected chi connectivity index (χ4v) is 1.84. The molecule has 6 nitrogen and oxygen atoms in total. The number of rotatable bonds is 9. The summed E-state index contributed by atoms with van der Waals surface area (Å²) in [6, 6.07) is 6.08. The molecule has 0 aliphatic heterocycles. The quantitative estimate of drug-likeness (QED) is 0.237. The van der Waals surface area contributed by atoms with Crippen molar-refractivity contribution in [3.05, 3.63) is 29.3 Å². The minimum atomic E-state index is 0. The second-order valence-electron chi connectivity index (χ2n) is 4.80. The zero-order chi connectivity index (χ0) is 16.2. The first kappa shape index (κ1) is 21.9. The number of nitrogens with one attached hydrogen (secondary N) is 2. The van der Waals surface area contributed by atoms with Crippen molar-refractivity contribution in [1.82, 2.24) is 10.6 Å². The lowest BCUT2D eigenvalue weighted by atomic mass is 10.1. The van der Waals surface area contributed by atoms with Gasteiger partial charge in [0.15, 0.2) is 5.96 Å². The Labute approximate surface area is 155 Å². The fourth-order valence-electron chi connectivity index (χ4n) is 1.84. The van der Waals surface area contributed by atoms with E-state index in [1.807, 2.05) is 32.0 Å². The molecule has 23 heavy (non-hydrogen) atoms. The fraction of sp³-hybridized carbons (Fsp3) is 0.562. The molecule has 0 aliphatic rings. The maximum Gasteiger partial charge on any atom is 0.191 e. The predicted molar refractivity (Wildman–Crippen MR) is 104 cm³/mol. The summed E-state index contributed by atoms with van der Waals surface area (Å²) in [5.41, 5.74) is 2.16. The Morgan fingerprint density at radius 3 is 2.70 bits per heavy atom. The Morgan fingerprint density at radius 2 is 2.04 bits per heavy atom. The van der Waals surface area contributed by atoms with Crippen LogP contribution in [0.15, 0.2) is 23.2 Å². The summed E-state index contributed by atoms with van der Waals surface area (Å²) < 4.78 is 10.8. The summed E-state index contributed by atoms with van der Waals surface area (Å²) in [4.78, 5) is 4.51. The Bertz CT molecular complexity index is 470. The third kappa shape index (κ3) is 8.97. The van der Waals surface area contributed by atoms with Crippen molar-refractivity contribution in [1.29, 1.82) is 0 Å². The second kappa shape index (κ2) is 13.4. The minimum Gasteiger partial charge on any atom is -0.491 e. The lowest BCUT2D eigenvalue weighted by Gasteiger charge is -2.13. The molecular formula is C16H28IN3O3. The van der Waals surface area contributed by atoms with Crippen LogP contribution in [0, 0.1) is 6.92 Å². The third-order valence-corrected chi connectivity index (χ3v) is 2.92. The van der Waals surface area contributed by atoms with E-state index in [1.54, 1.807) is 7.11 Å². The van der Waals surface area contributed by atoms with E-state index >= 15 is 0 Å². The number of aryl methyl sites for hydroxylation is 1. The summed E-state index contributed by atoms with van der Waals surface area (Å²) in [6.45, 7) is 6.91. The summed E-state index contributed by atoms with van der Waals surface area (Å²) in [5, 5.41) is 15.1. The van der Waals surface area contributed by atoms with Crippen molar-refractivity contribution in [2.45, 2.75) is 20.4 Å². The van der Waals surface area contributed by atoms with Gasteiger partial charge in [-0.15, -0.1) is 24.0 Å². The number of ether oxygens (including phenoxy) is 2. The number of aliphatic imine (C=N–C) groups is 1. The van der Waals surface area contributed by atoms with Crippen LogP contribution in [-0.4, -0.2) is 51.1 Å². The van der Waals surface area contributed by atoms with Crippen LogP contribution in [-0.2, 0) is 11.3 Å². The van der Waals surface area contributed by atoms with Gasteiger partial charge in [0.25, 0.3) is 0 Å². The Morgan fingerprint density at radius 1 is 1.26 bits per heavy atom. The number of hydrogen-bond donors (Lipinski definition) is 3. The first-order valence-electron chi connectivity index (χ1n) is 7.55.